The molecule has 0 fully saturated rings. The van der Waals surface area contributed by atoms with E-state index in [1.807, 2.05) is 38.1 Å². The molecule has 2 aromatic heterocycles. The van der Waals surface area contributed by atoms with Crippen LogP contribution >= 0.6 is 0 Å². The number of hydrogen-bond acceptors (Lipinski definition) is 6. The minimum atomic E-state index is -0.510. The fourth-order valence-electron chi connectivity index (χ4n) is 2.80. The van der Waals surface area contributed by atoms with Gasteiger partial charge in [0.15, 0.2) is 0 Å². The highest BCUT2D eigenvalue weighted by molar-refractivity contribution is 5.92. The molecule has 1 amide bonds. The Hall–Kier alpha value is -3.36. The first-order valence-corrected chi connectivity index (χ1v) is 8.61. The van der Waals surface area contributed by atoms with Crippen LogP contribution in [-0.4, -0.2) is 48.4 Å². The molecule has 1 aromatic carbocycles. The largest absolute Gasteiger partial charge is 0.345 e. The molecule has 3 rings (SSSR count). The van der Waals surface area contributed by atoms with Gasteiger partial charge in [0, 0.05) is 24.8 Å². The summed E-state index contributed by atoms with van der Waals surface area (Å²) in [6, 6.07) is 9.18. The van der Waals surface area contributed by atoms with Crippen LogP contribution in [0.25, 0.3) is 11.4 Å². The van der Waals surface area contributed by atoms with Gasteiger partial charge in [0.1, 0.15) is 5.69 Å². The van der Waals surface area contributed by atoms with E-state index in [9.17, 15) is 9.59 Å². The lowest BCUT2D eigenvalue weighted by molar-refractivity contribution is 0.0778. The predicted molar refractivity (Wildman–Crippen MR) is 98.8 cm³/mol. The van der Waals surface area contributed by atoms with Gasteiger partial charge in [-0.15, -0.1) is 10.2 Å². The fraction of sp³-hybridized carbons (Fsp3) is 0.333. The summed E-state index contributed by atoms with van der Waals surface area (Å²) in [7, 11) is 1.67. The molecule has 3 aromatic rings. The number of hydrogen-bond donors (Lipinski definition) is 2. The second-order valence-corrected chi connectivity index (χ2v) is 6.79. The molecule has 0 spiro atoms. The van der Waals surface area contributed by atoms with Crippen molar-refractivity contribution in [1.29, 1.82) is 0 Å². The van der Waals surface area contributed by atoms with Crippen LogP contribution in [0.2, 0.25) is 0 Å². The highest BCUT2D eigenvalue weighted by Gasteiger charge is 2.16. The second kappa shape index (κ2) is 7.90. The highest BCUT2D eigenvalue weighted by Crippen LogP contribution is 2.16. The zero-order valence-corrected chi connectivity index (χ0v) is 15.4. The number of amides is 1. The molecule has 2 N–H and O–H groups in total. The zero-order chi connectivity index (χ0) is 19.4. The van der Waals surface area contributed by atoms with Gasteiger partial charge in [0.2, 0.25) is 5.82 Å². The van der Waals surface area contributed by atoms with Crippen LogP contribution < -0.4 is 5.69 Å². The van der Waals surface area contributed by atoms with Crippen molar-refractivity contribution in [3.8, 4) is 11.4 Å². The molecule has 0 aliphatic heterocycles. The molecule has 140 valence electrons. The maximum absolute atomic E-state index is 12.7. The number of benzene rings is 1. The molecular formula is C18H21N7O2. The summed E-state index contributed by atoms with van der Waals surface area (Å²) in [5.74, 6) is 0.535. The van der Waals surface area contributed by atoms with E-state index in [4.69, 9.17) is 0 Å². The summed E-state index contributed by atoms with van der Waals surface area (Å²) in [6.45, 7) is 4.45. The number of nitrogens with one attached hydrogen (secondary N) is 2. The first kappa shape index (κ1) is 18.4. The lowest BCUT2D eigenvalue weighted by atomic mass is 10.1. The molecule has 0 saturated heterocycles. The summed E-state index contributed by atoms with van der Waals surface area (Å²) in [5.41, 5.74) is 2.05. The lowest BCUT2D eigenvalue weighted by Crippen LogP contribution is -2.29. The number of rotatable bonds is 6. The minimum Gasteiger partial charge on any atom is -0.336 e. The number of carbonyl (C=O) groups is 1. The summed E-state index contributed by atoms with van der Waals surface area (Å²) in [5, 5.41) is 13.9. The Labute approximate surface area is 155 Å². The van der Waals surface area contributed by atoms with Gasteiger partial charge >= 0.3 is 5.69 Å². The topological polar surface area (TPSA) is 121 Å². The second-order valence-electron chi connectivity index (χ2n) is 6.79. The first-order valence-electron chi connectivity index (χ1n) is 8.61. The molecule has 0 unspecified atom stereocenters. The Morgan fingerprint density at radius 1 is 1.26 bits per heavy atom. The zero-order valence-electron chi connectivity index (χ0n) is 15.4. The van der Waals surface area contributed by atoms with E-state index >= 15 is 0 Å². The number of carbonyl (C=O) groups excluding carboxylic acids is 1. The molecule has 0 aliphatic carbocycles. The third kappa shape index (κ3) is 4.63. The van der Waals surface area contributed by atoms with E-state index in [2.05, 4.69) is 30.6 Å². The molecule has 0 saturated carbocycles. The Bertz CT molecular complexity index is 979. The van der Waals surface area contributed by atoms with Crippen molar-refractivity contribution >= 4 is 5.91 Å². The number of nitrogens with zero attached hydrogens (tertiary/aromatic N) is 5. The summed E-state index contributed by atoms with van der Waals surface area (Å²) in [6.07, 6.45) is 0.675. The van der Waals surface area contributed by atoms with Gasteiger partial charge in [0.25, 0.3) is 5.91 Å². The Kier molecular flexibility index (Phi) is 5.39. The minimum absolute atomic E-state index is 0.145. The van der Waals surface area contributed by atoms with Crippen molar-refractivity contribution in [3.63, 3.8) is 0 Å². The van der Waals surface area contributed by atoms with E-state index in [0.29, 0.717) is 30.4 Å². The molecule has 0 aliphatic rings. The standard InChI is InChI=1S/C18H21N7O2/c1-11(2)7-14-9-15(20-18(27)19-14)17(26)25(3)10-12-5-4-6-13(8-12)16-21-23-24-22-16/h4-6,8-9,11H,7,10H2,1-3H3,(H,19,20,27)(H,21,22,23,24). The van der Waals surface area contributed by atoms with E-state index < -0.39 is 5.69 Å². The normalized spacial score (nSPS) is 11.0. The molecular weight excluding hydrogens is 346 g/mol. The molecule has 9 nitrogen and oxygen atoms in total. The van der Waals surface area contributed by atoms with Gasteiger partial charge in [-0.3, -0.25) is 4.79 Å². The Morgan fingerprint density at radius 2 is 2.07 bits per heavy atom. The van der Waals surface area contributed by atoms with Crippen molar-refractivity contribution in [2.24, 2.45) is 5.92 Å². The Balaban J connectivity index is 1.77. The van der Waals surface area contributed by atoms with Crippen LogP contribution in [0.3, 0.4) is 0 Å². The average Bonchev–Trinajstić information content (AvgIpc) is 3.15. The molecule has 0 bridgehead atoms. The molecule has 0 radical (unpaired) electrons. The molecule has 9 heteroatoms. The van der Waals surface area contributed by atoms with Gasteiger partial charge < -0.3 is 9.88 Å². The summed E-state index contributed by atoms with van der Waals surface area (Å²) < 4.78 is 0. The highest BCUT2D eigenvalue weighted by atomic mass is 16.2. The first-order chi connectivity index (χ1) is 12.9. The third-order valence-corrected chi connectivity index (χ3v) is 3.94. The average molecular weight is 367 g/mol. The van der Waals surface area contributed by atoms with Crippen molar-refractivity contribution in [3.05, 3.63) is 57.8 Å². The molecule has 0 atom stereocenters. The van der Waals surface area contributed by atoms with Crippen LogP contribution in [0, 0.1) is 5.92 Å². The van der Waals surface area contributed by atoms with Gasteiger partial charge in [-0.1, -0.05) is 32.0 Å². The monoisotopic (exact) mass is 367 g/mol. The molecule has 2 heterocycles. The van der Waals surface area contributed by atoms with Crippen LogP contribution in [0.4, 0.5) is 0 Å². The smallest absolute Gasteiger partial charge is 0.336 e. The van der Waals surface area contributed by atoms with Gasteiger partial charge in [-0.2, -0.15) is 10.2 Å². The molecule has 27 heavy (non-hydrogen) atoms. The van der Waals surface area contributed by atoms with E-state index in [1.54, 1.807) is 13.1 Å². The van der Waals surface area contributed by atoms with Gasteiger partial charge in [-0.25, -0.2) is 4.79 Å². The van der Waals surface area contributed by atoms with E-state index in [-0.39, 0.29) is 11.6 Å². The van der Waals surface area contributed by atoms with Gasteiger partial charge in [-0.05, 0) is 35.2 Å². The predicted octanol–water partition coefficient (Wildman–Crippen LogP) is 1.42. The maximum atomic E-state index is 12.7. The summed E-state index contributed by atoms with van der Waals surface area (Å²) in [4.78, 5) is 32.6. The third-order valence-electron chi connectivity index (χ3n) is 3.94. The van der Waals surface area contributed by atoms with Crippen LogP contribution in [0.1, 0.15) is 35.6 Å². The maximum Gasteiger partial charge on any atom is 0.345 e. The van der Waals surface area contributed by atoms with E-state index in [0.717, 1.165) is 11.1 Å². The van der Waals surface area contributed by atoms with Crippen LogP contribution in [0.5, 0.6) is 0 Å². The van der Waals surface area contributed by atoms with Crippen molar-refractivity contribution in [1.82, 2.24) is 35.5 Å². The van der Waals surface area contributed by atoms with Crippen LogP contribution in [0.15, 0.2) is 35.1 Å². The number of H-pyrrole nitrogens is 2. The number of aromatic amines is 2. The van der Waals surface area contributed by atoms with Gasteiger partial charge in [0.05, 0.1) is 0 Å². The van der Waals surface area contributed by atoms with Crippen molar-refractivity contribution < 1.29 is 4.79 Å². The quantitative estimate of drug-likeness (QED) is 0.680. The van der Waals surface area contributed by atoms with Crippen molar-refractivity contribution in [2.45, 2.75) is 26.8 Å². The Morgan fingerprint density at radius 3 is 2.78 bits per heavy atom. The lowest BCUT2D eigenvalue weighted by Gasteiger charge is -2.17. The number of tetrazole rings is 1. The van der Waals surface area contributed by atoms with Crippen molar-refractivity contribution in [2.75, 3.05) is 7.05 Å². The number of aromatic nitrogens is 6. The van der Waals surface area contributed by atoms with E-state index in [1.165, 1.54) is 4.90 Å². The van der Waals surface area contributed by atoms with Crippen LogP contribution in [-0.2, 0) is 13.0 Å². The fourth-order valence-corrected chi connectivity index (χ4v) is 2.80. The summed E-state index contributed by atoms with van der Waals surface area (Å²) >= 11 is 0. The SMILES string of the molecule is CC(C)Cc1cc(C(=O)N(C)Cc2cccc(-c3nn[nH]n3)c2)nc(=O)[nH]1.